The van der Waals surface area contributed by atoms with E-state index in [2.05, 4.69) is 31.3 Å². The predicted octanol–water partition coefficient (Wildman–Crippen LogP) is 2.64. The van der Waals surface area contributed by atoms with Crippen LogP contribution in [0.1, 0.15) is 6.42 Å². The molecule has 1 N–H and O–H groups in total. The van der Waals surface area contributed by atoms with E-state index in [9.17, 15) is 13.2 Å². The second-order valence-electron chi connectivity index (χ2n) is 7.42. The van der Waals surface area contributed by atoms with Crippen LogP contribution in [0, 0.1) is 0 Å². The maximum atomic E-state index is 12.9. The average Bonchev–Trinajstić information content (AvgIpc) is 3.03. The first-order valence-corrected chi connectivity index (χ1v) is 11.9. The number of fused-ring (bicyclic) bond motifs is 4. The molecule has 0 aliphatic carbocycles. The molecule has 1 spiro atoms. The molecule has 2 aliphatic heterocycles. The summed E-state index contributed by atoms with van der Waals surface area (Å²) in [6, 6.07) is 12.5. The predicted molar refractivity (Wildman–Crippen MR) is 116 cm³/mol. The van der Waals surface area contributed by atoms with E-state index in [4.69, 9.17) is 4.74 Å². The summed E-state index contributed by atoms with van der Waals surface area (Å²) >= 11 is 3.45. The summed E-state index contributed by atoms with van der Waals surface area (Å²) in [6.45, 7) is 0. The summed E-state index contributed by atoms with van der Waals surface area (Å²) in [5.74, 6) is 0.923. The molecule has 3 aromatic rings. The van der Waals surface area contributed by atoms with Crippen LogP contribution in [-0.2, 0) is 15.5 Å². The standard InChI is InChI=1S/C20H17BrN4O4S/c1-29-14-5-2-12(3-6-14)17-19(26)22-18-15-10-13(21)4-7-16(15)23-20(25(18)24-17)8-9-30(27,28)11-20/h2-7,10,23H,8-9,11H2,1H3/t20-/m1/s1. The Labute approximate surface area is 181 Å². The van der Waals surface area contributed by atoms with Crippen LogP contribution in [0.3, 0.4) is 0 Å². The molecule has 154 valence electrons. The minimum Gasteiger partial charge on any atom is -0.497 e. The monoisotopic (exact) mass is 488 g/mol. The van der Waals surface area contributed by atoms with Crippen molar-refractivity contribution in [2.75, 3.05) is 23.9 Å². The van der Waals surface area contributed by atoms with Crippen LogP contribution in [0.5, 0.6) is 5.75 Å². The third kappa shape index (κ3) is 3.02. The highest BCUT2D eigenvalue weighted by Gasteiger charge is 2.48. The summed E-state index contributed by atoms with van der Waals surface area (Å²) < 4.78 is 32.3. The highest BCUT2D eigenvalue weighted by atomic mass is 79.9. The summed E-state index contributed by atoms with van der Waals surface area (Å²) in [7, 11) is -1.70. The van der Waals surface area contributed by atoms with Gasteiger partial charge in [-0.15, -0.1) is 0 Å². The van der Waals surface area contributed by atoms with E-state index in [1.165, 1.54) is 0 Å². The summed E-state index contributed by atoms with van der Waals surface area (Å²) in [6.07, 6.45) is 0.331. The molecule has 5 rings (SSSR count). The normalized spacial score (nSPS) is 21.0. The van der Waals surface area contributed by atoms with Gasteiger partial charge in [-0.05, 0) is 42.5 Å². The van der Waals surface area contributed by atoms with E-state index in [0.29, 0.717) is 29.1 Å². The van der Waals surface area contributed by atoms with E-state index >= 15 is 0 Å². The summed E-state index contributed by atoms with van der Waals surface area (Å²) in [4.78, 5) is 17.2. The van der Waals surface area contributed by atoms with Gasteiger partial charge in [-0.3, -0.25) is 4.79 Å². The van der Waals surface area contributed by atoms with Crippen molar-refractivity contribution in [3.63, 3.8) is 0 Å². The third-order valence-corrected chi connectivity index (χ3v) is 7.69. The van der Waals surface area contributed by atoms with Crippen molar-refractivity contribution in [2.24, 2.45) is 0 Å². The van der Waals surface area contributed by atoms with E-state index in [-0.39, 0.29) is 17.2 Å². The number of benzene rings is 2. The maximum Gasteiger partial charge on any atom is 0.300 e. The number of ether oxygens (including phenoxy) is 1. The molecule has 0 bridgehead atoms. The van der Waals surface area contributed by atoms with E-state index in [1.807, 2.05) is 18.2 Å². The molecule has 10 heteroatoms. The van der Waals surface area contributed by atoms with Gasteiger partial charge in [0.2, 0.25) is 0 Å². The summed E-state index contributed by atoms with van der Waals surface area (Å²) in [5.41, 5.74) is 0.684. The Bertz CT molecular complexity index is 1340. The molecule has 3 heterocycles. The van der Waals surface area contributed by atoms with Gasteiger partial charge in [0.05, 0.1) is 18.6 Å². The first kappa shape index (κ1) is 19.3. The molecule has 1 saturated heterocycles. The highest BCUT2D eigenvalue weighted by Crippen LogP contribution is 2.42. The van der Waals surface area contributed by atoms with Crippen molar-refractivity contribution in [1.29, 1.82) is 0 Å². The largest absolute Gasteiger partial charge is 0.497 e. The average molecular weight is 489 g/mol. The third-order valence-electron chi connectivity index (χ3n) is 5.45. The zero-order valence-electron chi connectivity index (χ0n) is 15.9. The summed E-state index contributed by atoms with van der Waals surface area (Å²) in [5, 5.41) is 7.99. The van der Waals surface area contributed by atoms with Gasteiger partial charge in [0.25, 0.3) is 5.56 Å². The van der Waals surface area contributed by atoms with Crippen molar-refractivity contribution in [3.05, 3.63) is 57.3 Å². The smallest absolute Gasteiger partial charge is 0.300 e. The maximum absolute atomic E-state index is 12.9. The minimum absolute atomic E-state index is 0.0387. The Morgan fingerprint density at radius 3 is 2.63 bits per heavy atom. The van der Waals surface area contributed by atoms with Crippen LogP contribution in [0.4, 0.5) is 5.69 Å². The number of nitrogens with one attached hydrogen (secondary N) is 1. The van der Waals surface area contributed by atoms with Crippen LogP contribution in [0.2, 0.25) is 0 Å². The fourth-order valence-electron chi connectivity index (χ4n) is 4.00. The van der Waals surface area contributed by atoms with Gasteiger partial charge in [-0.1, -0.05) is 15.9 Å². The highest BCUT2D eigenvalue weighted by molar-refractivity contribution is 9.10. The van der Waals surface area contributed by atoms with E-state index in [0.717, 1.165) is 10.2 Å². The molecule has 1 atom stereocenters. The quantitative estimate of drug-likeness (QED) is 0.591. The number of nitrogens with zero attached hydrogens (tertiary/aromatic N) is 3. The number of methoxy groups -OCH3 is 1. The first-order chi connectivity index (χ1) is 14.3. The molecular formula is C20H17BrN4O4S. The molecule has 8 nitrogen and oxygen atoms in total. The molecule has 0 saturated carbocycles. The Morgan fingerprint density at radius 1 is 1.20 bits per heavy atom. The number of sulfone groups is 1. The lowest BCUT2D eigenvalue weighted by atomic mass is 10.0. The van der Waals surface area contributed by atoms with Crippen molar-refractivity contribution < 1.29 is 13.2 Å². The lowest BCUT2D eigenvalue weighted by Crippen LogP contribution is -2.48. The number of hydrogen-bond donors (Lipinski definition) is 1. The number of anilines is 1. The molecule has 0 unspecified atom stereocenters. The van der Waals surface area contributed by atoms with Gasteiger partial charge in [-0.25, -0.2) is 13.1 Å². The Balaban J connectivity index is 1.76. The van der Waals surface area contributed by atoms with Crippen LogP contribution >= 0.6 is 15.9 Å². The van der Waals surface area contributed by atoms with Crippen LogP contribution in [0.15, 0.2) is 51.7 Å². The van der Waals surface area contributed by atoms with Gasteiger partial charge in [-0.2, -0.15) is 10.1 Å². The number of hydrogen-bond acceptors (Lipinski definition) is 7. The van der Waals surface area contributed by atoms with Gasteiger partial charge >= 0.3 is 0 Å². The molecule has 1 fully saturated rings. The van der Waals surface area contributed by atoms with Crippen molar-refractivity contribution in [3.8, 4) is 28.4 Å². The van der Waals surface area contributed by atoms with Gasteiger partial charge in [0.1, 0.15) is 11.4 Å². The number of rotatable bonds is 2. The van der Waals surface area contributed by atoms with Crippen molar-refractivity contribution in [1.82, 2.24) is 14.8 Å². The van der Waals surface area contributed by atoms with E-state index in [1.54, 1.807) is 36.1 Å². The second-order valence-corrected chi connectivity index (χ2v) is 10.5. The number of halogens is 1. The van der Waals surface area contributed by atoms with E-state index < -0.39 is 21.1 Å². The molecule has 2 aliphatic rings. The minimum atomic E-state index is -3.26. The van der Waals surface area contributed by atoms with Gasteiger partial charge in [0.15, 0.2) is 21.4 Å². The zero-order valence-corrected chi connectivity index (χ0v) is 18.3. The zero-order chi connectivity index (χ0) is 21.1. The Hall–Kier alpha value is -2.72. The molecule has 1 aromatic heterocycles. The van der Waals surface area contributed by atoms with Crippen molar-refractivity contribution >= 4 is 31.5 Å². The van der Waals surface area contributed by atoms with Crippen LogP contribution < -0.4 is 15.6 Å². The SMILES string of the molecule is COc1ccc(-c2nn3c(nc2=O)-c2cc(Br)ccc2N[C@]32CCS(=O)(=O)C2)cc1. The molecule has 2 aromatic carbocycles. The second kappa shape index (κ2) is 6.64. The fraction of sp³-hybridized carbons (Fsp3) is 0.250. The Kier molecular flexibility index (Phi) is 4.26. The lowest BCUT2D eigenvalue weighted by Gasteiger charge is -2.38. The molecule has 30 heavy (non-hydrogen) atoms. The van der Waals surface area contributed by atoms with Gasteiger partial charge < -0.3 is 10.1 Å². The van der Waals surface area contributed by atoms with Gasteiger partial charge in [0, 0.05) is 27.7 Å². The van der Waals surface area contributed by atoms with Crippen molar-refractivity contribution in [2.45, 2.75) is 12.1 Å². The van der Waals surface area contributed by atoms with Crippen LogP contribution in [0.25, 0.3) is 22.6 Å². The Morgan fingerprint density at radius 2 is 1.97 bits per heavy atom. The lowest BCUT2D eigenvalue weighted by molar-refractivity contribution is 0.332. The number of aromatic nitrogens is 3. The first-order valence-electron chi connectivity index (χ1n) is 9.25. The molecular weight excluding hydrogens is 472 g/mol. The topological polar surface area (TPSA) is 103 Å². The van der Waals surface area contributed by atoms with Crippen LogP contribution in [-0.4, -0.2) is 41.8 Å². The molecule has 0 amide bonds. The molecule has 0 radical (unpaired) electrons. The fourth-order valence-corrected chi connectivity index (χ4v) is 6.22.